The Morgan fingerprint density at radius 3 is 2.64 bits per heavy atom. The van der Waals surface area contributed by atoms with Crippen molar-refractivity contribution in [3.05, 3.63) is 33.1 Å². The maximum atomic E-state index is 11.8. The zero-order chi connectivity index (χ0) is 16.7. The smallest absolute Gasteiger partial charge is 0.330 e. The summed E-state index contributed by atoms with van der Waals surface area (Å²) in [4.78, 5) is 25.1. The summed E-state index contributed by atoms with van der Waals surface area (Å²) in [6, 6.07) is 1.17. The third-order valence-corrected chi connectivity index (χ3v) is 5.40. The summed E-state index contributed by atoms with van der Waals surface area (Å²) in [5, 5.41) is 20.6. The van der Waals surface area contributed by atoms with Crippen LogP contribution in [0.2, 0.25) is 0 Å². The molecule has 0 unspecified atom stereocenters. The van der Waals surface area contributed by atoms with Gasteiger partial charge in [0, 0.05) is 12.3 Å². The van der Waals surface area contributed by atoms with Gasteiger partial charge in [-0.15, -0.1) is 13.2 Å². The average molecular weight is 330 g/mol. The number of aromatic amines is 1. The molecule has 0 aliphatic carbocycles. The molecule has 0 bridgehead atoms. The van der Waals surface area contributed by atoms with Crippen LogP contribution in [0.1, 0.15) is 19.6 Å². The third-order valence-electron chi connectivity index (χ3n) is 3.97. The summed E-state index contributed by atoms with van der Waals surface area (Å²) < 4.78 is 6.89. The van der Waals surface area contributed by atoms with Crippen molar-refractivity contribution in [1.29, 1.82) is 0 Å². The zero-order valence-electron chi connectivity index (χ0n) is 13.0. The maximum Gasteiger partial charge on any atom is 0.330 e. The third kappa shape index (κ3) is 3.43. The van der Waals surface area contributed by atoms with E-state index in [0.717, 1.165) is 10.7 Å². The molecule has 1 aromatic rings. The Labute approximate surface area is 128 Å². The van der Waals surface area contributed by atoms with E-state index in [-0.39, 0.29) is 0 Å². The number of aliphatic hydroxyl groups is 2. The van der Waals surface area contributed by atoms with Crippen LogP contribution in [-0.4, -0.2) is 63.4 Å². The second kappa shape index (κ2) is 5.81. The van der Waals surface area contributed by atoms with E-state index in [1.807, 2.05) is 0 Å². The molecule has 0 radical (unpaired) electrons. The van der Waals surface area contributed by atoms with Gasteiger partial charge < -0.3 is 14.9 Å². The largest absolute Gasteiger partial charge is 0.387 e. The van der Waals surface area contributed by atoms with E-state index in [1.165, 1.54) is 12.3 Å². The minimum absolute atomic E-state index is 0.527. The predicted octanol–water partition coefficient (Wildman–Crippen LogP) is -0.355. The molecule has 124 valence electrons. The summed E-state index contributed by atoms with van der Waals surface area (Å²) >= 11 is 0. The Hall–Kier alpha value is -1.14. The van der Waals surface area contributed by atoms with Crippen LogP contribution in [0.3, 0.4) is 0 Å². The van der Waals surface area contributed by atoms with Crippen molar-refractivity contribution in [3.63, 3.8) is 0 Å². The second-order valence-corrected chi connectivity index (χ2v) is 11.0. The molecule has 0 amide bonds. The predicted molar refractivity (Wildman–Crippen MR) is 87.2 cm³/mol. The molecule has 22 heavy (non-hydrogen) atoms. The molecule has 4 atom stereocenters. The van der Waals surface area contributed by atoms with Crippen molar-refractivity contribution in [2.45, 2.75) is 37.4 Å². The van der Waals surface area contributed by atoms with Crippen molar-refractivity contribution in [2.75, 3.05) is 19.5 Å². The van der Waals surface area contributed by atoms with Crippen LogP contribution in [0.25, 0.3) is 0 Å². The fourth-order valence-electron chi connectivity index (χ4n) is 2.51. The molecule has 0 spiro atoms. The lowest BCUT2D eigenvalue weighted by atomic mass is 9.95. The van der Waals surface area contributed by atoms with E-state index in [4.69, 9.17) is 4.74 Å². The molecule has 1 aromatic heterocycles. The molecule has 1 fully saturated rings. The first-order valence-corrected chi connectivity index (χ1v) is 10.1. The first-order chi connectivity index (χ1) is 10.0. The van der Waals surface area contributed by atoms with E-state index in [1.54, 1.807) is 6.92 Å². The van der Waals surface area contributed by atoms with E-state index >= 15 is 0 Å². The first kappa shape index (κ1) is 17.2. The number of nitrogens with zero attached hydrogens (tertiary/aromatic N) is 1. The van der Waals surface area contributed by atoms with Crippen LogP contribution >= 0.6 is 6.89 Å². The van der Waals surface area contributed by atoms with Gasteiger partial charge in [-0.05, 0) is 32.8 Å². The molecule has 1 saturated heterocycles. The van der Waals surface area contributed by atoms with Crippen molar-refractivity contribution in [2.24, 2.45) is 0 Å². The molecule has 1 aliphatic rings. The van der Waals surface area contributed by atoms with Crippen LogP contribution in [0.15, 0.2) is 21.9 Å². The number of hydrogen-bond donors (Lipinski definition) is 3. The van der Waals surface area contributed by atoms with E-state index in [9.17, 15) is 19.8 Å². The van der Waals surface area contributed by atoms with E-state index in [2.05, 4.69) is 24.6 Å². The lowest BCUT2D eigenvalue weighted by molar-refractivity contribution is -0.0953. The monoisotopic (exact) mass is 330 g/mol. The maximum absolute atomic E-state index is 11.8. The molecular weight excluding hydrogens is 307 g/mol. The van der Waals surface area contributed by atoms with Crippen molar-refractivity contribution < 1.29 is 14.9 Å². The van der Waals surface area contributed by atoms with Gasteiger partial charge in [-0.2, -0.15) is 0 Å². The Kier molecular flexibility index (Phi) is 4.55. The van der Waals surface area contributed by atoms with Gasteiger partial charge in [-0.25, -0.2) is 4.79 Å². The summed E-state index contributed by atoms with van der Waals surface area (Å²) in [6.45, 7) is 4.57. The number of ether oxygens (including phenoxy) is 1. The molecule has 1 aliphatic heterocycles. The molecule has 2 heterocycles. The van der Waals surface area contributed by atoms with Crippen LogP contribution in [0.4, 0.5) is 0 Å². The summed E-state index contributed by atoms with van der Waals surface area (Å²) in [5.41, 5.74) is -2.17. The number of aromatic nitrogens is 2. The van der Waals surface area contributed by atoms with Gasteiger partial charge in [-0.1, -0.05) is 0 Å². The Balaban J connectivity index is 2.28. The molecule has 0 saturated carbocycles. The summed E-state index contributed by atoms with van der Waals surface area (Å²) in [7, 11) is 0. The zero-order valence-corrected chi connectivity index (χ0v) is 13.9. The lowest BCUT2D eigenvalue weighted by Crippen LogP contribution is -2.41. The topological polar surface area (TPSA) is 105 Å². The molecular formula is C14H23N2O5P. The normalized spacial score (nSPS) is 32.3. The van der Waals surface area contributed by atoms with Crippen LogP contribution in [0.5, 0.6) is 0 Å². The van der Waals surface area contributed by atoms with Crippen molar-refractivity contribution in [1.82, 2.24) is 9.55 Å². The quantitative estimate of drug-likeness (QED) is 0.654. The summed E-state index contributed by atoms with van der Waals surface area (Å²) in [5.74, 6) is 0. The highest BCUT2D eigenvalue weighted by Gasteiger charge is 2.51. The van der Waals surface area contributed by atoms with Gasteiger partial charge in [0.1, 0.15) is 12.2 Å². The highest BCUT2D eigenvalue weighted by molar-refractivity contribution is 7.72. The van der Waals surface area contributed by atoms with Crippen LogP contribution in [0, 0.1) is 0 Å². The first-order valence-electron chi connectivity index (χ1n) is 7.06. The van der Waals surface area contributed by atoms with E-state index < -0.39 is 42.2 Å². The van der Waals surface area contributed by atoms with Gasteiger partial charge in [0.25, 0.3) is 5.56 Å². The number of rotatable bonds is 4. The van der Waals surface area contributed by atoms with Crippen LogP contribution in [-0.2, 0) is 4.74 Å². The highest BCUT2D eigenvalue weighted by atomic mass is 31.2. The number of H-pyrrole nitrogens is 1. The second-order valence-electron chi connectivity index (χ2n) is 6.68. The standard InChI is InChI=1S/C14H23N2O5P/c1-14(6-8-22(2,3)4)11(19)10(18)12(21-14)16-7-5-9(17)15-13(16)20/h5,7,10-12,18-19H,2,6,8H2,1,3-4H3,(H,15,17,20)/t10-,11+,12-,14-/m1/s1. The van der Waals surface area contributed by atoms with Crippen molar-refractivity contribution in [3.8, 4) is 0 Å². The average Bonchev–Trinajstić information content (AvgIpc) is 2.61. The number of nitrogens with one attached hydrogen (secondary N) is 1. The minimum Gasteiger partial charge on any atom is -0.387 e. The van der Waals surface area contributed by atoms with Gasteiger partial charge in [-0.3, -0.25) is 14.3 Å². The van der Waals surface area contributed by atoms with Crippen LogP contribution < -0.4 is 11.2 Å². The lowest BCUT2D eigenvalue weighted by Gasteiger charge is -2.29. The molecule has 0 aromatic carbocycles. The van der Waals surface area contributed by atoms with Gasteiger partial charge in [0.2, 0.25) is 0 Å². The fraction of sp³-hybridized carbons (Fsp3) is 0.643. The van der Waals surface area contributed by atoms with Gasteiger partial charge in [0.05, 0.1) is 5.60 Å². The Morgan fingerprint density at radius 2 is 2.09 bits per heavy atom. The summed E-state index contributed by atoms with van der Waals surface area (Å²) in [6.07, 6.45) is 3.30. The Morgan fingerprint density at radius 1 is 1.45 bits per heavy atom. The van der Waals surface area contributed by atoms with Gasteiger partial charge in [0.15, 0.2) is 6.23 Å². The van der Waals surface area contributed by atoms with E-state index in [0.29, 0.717) is 6.42 Å². The molecule has 8 heteroatoms. The highest BCUT2D eigenvalue weighted by Crippen LogP contribution is 2.44. The number of aliphatic hydroxyl groups excluding tert-OH is 2. The molecule has 7 nitrogen and oxygen atoms in total. The fourth-order valence-corrected chi connectivity index (χ4v) is 3.56. The SMILES string of the molecule is C=P(C)(C)CC[C@@]1(C)O[C@@H](n2ccc(=O)[nH]c2=O)[C@H](O)[C@@H]1O. The van der Waals surface area contributed by atoms with Gasteiger partial charge >= 0.3 is 5.69 Å². The molecule has 2 rings (SSSR count). The Bertz CT molecular complexity index is 706. The van der Waals surface area contributed by atoms with Crippen molar-refractivity contribution >= 4 is 13.2 Å². The molecule has 3 N–H and O–H groups in total. The number of hydrogen-bond acceptors (Lipinski definition) is 5. The minimum atomic E-state index is -1.30.